The second kappa shape index (κ2) is 6.05. The number of aromatic nitrogens is 4. The van der Waals surface area contributed by atoms with Gasteiger partial charge in [-0.25, -0.2) is 14.6 Å². The Balaban J connectivity index is 1.52. The van der Waals surface area contributed by atoms with Crippen LogP contribution in [0.2, 0.25) is 0 Å². The number of benzene rings is 1. The minimum atomic E-state index is 0.363. The van der Waals surface area contributed by atoms with E-state index in [-0.39, 0.29) is 0 Å². The van der Waals surface area contributed by atoms with Crippen LogP contribution in [0.1, 0.15) is 22.5 Å². The van der Waals surface area contributed by atoms with Gasteiger partial charge in [-0.15, -0.1) is 0 Å². The van der Waals surface area contributed by atoms with E-state index in [1.807, 2.05) is 29.1 Å². The van der Waals surface area contributed by atoms with E-state index >= 15 is 0 Å². The molecule has 24 heavy (non-hydrogen) atoms. The zero-order valence-corrected chi connectivity index (χ0v) is 13.7. The number of nitrogens with two attached hydrogens (primary N) is 1. The van der Waals surface area contributed by atoms with E-state index in [4.69, 9.17) is 5.73 Å². The molecule has 0 unspecified atom stereocenters. The van der Waals surface area contributed by atoms with E-state index in [0.717, 1.165) is 43.1 Å². The fourth-order valence-electron chi connectivity index (χ4n) is 3.13. The van der Waals surface area contributed by atoms with Crippen LogP contribution in [-0.2, 0) is 19.5 Å². The SMILES string of the molecule is Cc1nn(-c2ccccc2)cc1CN1CCc2nc(N)ncc2C1. The van der Waals surface area contributed by atoms with Crippen LogP contribution in [0.25, 0.3) is 5.69 Å². The summed E-state index contributed by atoms with van der Waals surface area (Å²) in [5.74, 6) is 0.363. The molecule has 0 saturated heterocycles. The zero-order chi connectivity index (χ0) is 16.5. The highest BCUT2D eigenvalue weighted by Gasteiger charge is 2.19. The summed E-state index contributed by atoms with van der Waals surface area (Å²) in [5, 5.41) is 4.65. The largest absolute Gasteiger partial charge is 0.368 e. The van der Waals surface area contributed by atoms with Crippen molar-refractivity contribution in [1.29, 1.82) is 0 Å². The lowest BCUT2D eigenvalue weighted by Gasteiger charge is -2.27. The molecule has 3 heterocycles. The molecular formula is C18H20N6. The molecule has 2 aromatic heterocycles. The molecule has 0 atom stereocenters. The molecule has 0 saturated carbocycles. The van der Waals surface area contributed by atoms with Crippen LogP contribution >= 0.6 is 0 Å². The summed E-state index contributed by atoms with van der Waals surface area (Å²) >= 11 is 0. The van der Waals surface area contributed by atoms with Crippen molar-refractivity contribution in [2.45, 2.75) is 26.4 Å². The van der Waals surface area contributed by atoms with Gasteiger partial charge in [0.25, 0.3) is 0 Å². The van der Waals surface area contributed by atoms with Gasteiger partial charge in [0.2, 0.25) is 5.95 Å². The second-order valence-electron chi connectivity index (χ2n) is 6.18. The third kappa shape index (κ3) is 2.88. The van der Waals surface area contributed by atoms with Crippen molar-refractivity contribution in [3.05, 3.63) is 65.2 Å². The van der Waals surface area contributed by atoms with Gasteiger partial charge in [-0.3, -0.25) is 4.90 Å². The van der Waals surface area contributed by atoms with Gasteiger partial charge in [-0.1, -0.05) is 18.2 Å². The Kier molecular flexibility index (Phi) is 3.74. The topological polar surface area (TPSA) is 72.9 Å². The Morgan fingerprint density at radius 3 is 2.88 bits per heavy atom. The third-order valence-corrected chi connectivity index (χ3v) is 4.45. The Morgan fingerprint density at radius 1 is 1.21 bits per heavy atom. The number of hydrogen-bond acceptors (Lipinski definition) is 5. The van der Waals surface area contributed by atoms with E-state index in [1.165, 1.54) is 11.1 Å². The summed E-state index contributed by atoms with van der Waals surface area (Å²) in [5.41, 5.74) is 11.3. The van der Waals surface area contributed by atoms with Crippen molar-refractivity contribution in [3.63, 3.8) is 0 Å². The van der Waals surface area contributed by atoms with Gasteiger partial charge >= 0.3 is 0 Å². The van der Waals surface area contributed by atoms with E-state index in [0.29, 0.717) is 5.95 Å². The second-order valence-corrected chi connectivity index (χ2v) is 6.18. The van der Waals surface area contributed by atoms with Crippen LogP contribution < -0.4 is 5.73 Å². The van der Waals surface area contributed by atoms with Crippen molar-refractivity contribution >= 4 is 5.95 Å². The van der Waals surface area contributed by atoms with Gasteiger partial charge in [0.1, 0.15) is 0 Å². The number of fused-ring (bicyclic) bond motifs is 1. The number of rotatable bonds is 3. The van der Waals surface area contributed by atoms with E-state index in [2.05, 4.69) is 45.2 Å². The van der Waals surface area contributed by atoms with Gasteiger partial charge in [-0.2, -0.15) is 5.10 Å². The van der Waals surface area contributed by atoms with Crippen LogP contribution in [-0.4, -0.2) is 31.2 Å². The van der Waals surface area contributed by atoms with Crippen molar-refractivity contribution in [2.24, 2.45) is 0 Å². The Labute approximate surface area is 141 Å². The normalized spacial score (nSPS) is 14.5. The molecule has 1 aliphatic rings. The molecule has 6 nitrogen and oxygen atoms in total. The van der Waals surface area contributed by atoms with Gasteiger partial charge < -0.3 is 5.73 Å². The van der Waals surface area contributed by atoms with E-state index < -0.39 is 0 Å². The number of hydrogen-bond donors (Lipinski definition) is 1. The van der Waals surface area contributed by atoms with E-state index in [1.54, 1.807) is 0 Å². The predicted octanol–water partition coefficient (Wildman–Crippen LogP) is 2.11. The molecule has 6 heteroatoms. The highest BCUT2D eigenvalue weighted by molar-refractivity contribution is 5.33. The Bertz CT molecular complexity index is 855. The van der Waals surface area contributed by atoms with Crippen molar-refractivity contribution in [1.82, 2.24) is 24.6 Å². The maximum absolute atomic E-state index is 5.67. The van der Waals surface area contributed by atoms with Crippen LogP contribution in [0.3, 0.4) is 0 Å². The smallest absolute Gasteiger partial charge is 0.220 e. The molecule has 1 aliphatic heterocycles. The molecule has 0 radical (unpaired) electrons. The Hall–Kier alpha value is -2.73. The Morgan fingerprint density at radius 2 is 2.04 bits per heavy atom. The fourth-order valence-corrected chi connectivity index (χ4v) is 3.13. The average molecular weight is 320 g/mol. The lowest BCUT2D eigenvalue weighted by Crippen LogP contribution is -2.31. The molecule has 2 N–H and O–H groups in total. The van der Waals surface area contributed by atoms with Crippen LogP contribution in [0.15, 0.2) is 42.7 Å². The minimum Gasteiger partial charge on any atom is -0.368 e. The van der Waals surface area contributed by atoms with E-state index in [9.17, 15) is 0 Å². The summed E-state index contributed by atoms with van der Waals surface area (Å²) in [7, 11) is 0. The molecule has 0 amide bonds. The summed E-state index contributed by atoms with van der Waals surface area (Å²) < 4.78 is 1.95. The van der Waals surface area contributed by atoms with Gasteiger partial charge in [0.15, 0.2) is 0 Å². The first kappa shape index (κ1) is 14.8. The van der Waals surface area contributed by atoms with Crippen LogP contribution in [0, 0.1) is 6.92 Å². The van der Waals surface area contributed by atoms with Crippen LogP contribution in [0.4, 0.5) is 5.95 Å². The first-order chi connectivity index (χ1) is 11.7. The van der Waals surface area contributed by atoms with Gasteiger partial charge in [0, 0.05) is 49.6 Å². The van der Waals surface area contributed by atoms with Crippen molar-refractivity contribution < 1.29 is 0 Å². The number of anilines is 1. The van der Waals surface area contributed by atoms with Crippen LogP contribution in [0.5, 0.6) is 0 Å². The first-order valence-electron chi connectivity index (χ1n) is 8.12. The molecule has 0 spiro atoms. The lowest BCUT2D eigenvalue weighted by molar-refractivity contribution is 0.242. The summed E-state index contributed by atoms with van der Waals surface area (Å²) in [6, 6.07) is 10.2. The average Bonchev–Trinajstić information content (AvgIpc) is 2.97. The highest BCUT2D eigenvalue weighted by atomic mass is 15.3. The molecule has 122 valence electrons. The molecular weight excluding hydrogens is 300 g/mol. The lowest BCUT2D eigenvalue weighted by atomic mass is 10.1. The summed E-state index contributed by atoms with van der Waals surface area (Å²) in [4.78, 5) is 10.9. The fraction of sp³-hybridized carbons (Fsp3) is 0.278. The quantitative estimate of drug-likeness (QED) is 0.800. The molecule has 0 bridgehead atoms. The molecule has 0 aliphatic carbocycles. The first-order valence-corrected chi connectivity index (χ1v) is 8.12. The molecule has 4 rings (SSSR count). The van der Waals surface area contributed by atoms with Crippen molar-refractivity contribution in [3.8, 4) is 5.69 Å². The summed E-state index contributed by atoms with van der Waals surface area (Å²) in [6.07, 6.45) is 4.89. The van der Waals surface area contributed by atoms with Gasteiger partial charge in [-0.05, 0) is 19.1 Å². The predicted molar refractivity (Wildman–Crippen MR) is 92.6 cm³/mol. The van der Waals surface area contributed by atoms with Crippen molar-refractivity contribution in [2.75, 3.05) is 12.3 Å². The number of para-hydroxylation sites is 1. The number of nitrogen functional groups attached to an aromatic ring is 1. The minimum absolute atomic E-state index is 0.363. The molecule has 3 aromatic rings. The standard InChI is InChI=1S/C18H20N6/c1-13-15(12-24(22-13)16-5-3-2-4-6-16)11-23-8-7-17-14(10-23)9-20-18(19)21-17/h2-6,9,12H,7-8,10-11H2,1H3,(H2,19,20,21). The van der Waals surface area contributed by atoms with Gasteiger partial charge in [0.05, 0.1) is 17.1 Å². The highest BCUT2D eigenvalue weighted by Crippen LogP contribution is 2.20. The number of nitrogens with zero attached hydrogens (tertiary/aromatic N) is 5. The maximum Gasteiger partial charge on any atom is 0.220 e. The maximum atomic E-state index is 5.67. The monoisotopic (exact) mass is 320 g/mol. The zero-order valence-electron chi connectivity index (χ0n) is 13.7. The molecule has 0 fully saturated rings. The molecule has 1 aromatic carbocycles. The third-order valence-electron chi connectivity index (χ3n) is 4.45. The summed E-state index contributed by atoms with van der Waals surface area (Å²) in [6.45, 7) is 4.77. The number of aryl methyl sites for hydroxylation is 1.